The van der Waals surface area contributed by atoms with Crippen molar-refractivity contribution in [1.29, 1.82) is 0 Å². The molecule has 2 rings (SSSR count). The van der Waals surface area contributed by atoms with Crippen LogP contribution in [0.5, 0.6) is 5.75 Å². The third-order valence-electron chi connectivity index (χ3n) is 1.69. The average molecular weight is 165 g/mol. The molecule has 1 aromatic heterocycles. The van der Waals surface area contributed by atoms with Gasteiger partial charge in [0.25, 0.3) is 5.56 Å². The highest BCUT2D eigenvalue weighted by molar-refractivity contribution is 5.82. The number of nitrogens with one attached hydrogen (secondary N) is 1. The van der Waals surface area contributed by atoms with Crippen molar-refractivity contribution in [3.8, 4) is 5.75 Å². The van der Waals surface area contributed by atoms with Crippen molar-refractivity contribution in [2.45, 2.75) is 0 Å². The van der Waals surface area contributed by atoms with Crippen molar-refractivity contribution >= 4 is 11.0 Å². The molecule has 0 saturated carbocycles. The molecule has 1 heterocycles. The Hall–Kier alpha value is -1.71. The molecule has 0 aliphatic heterocycles. The predicted octanol–water partition coefficient (Wildman–Crippen LogP) is 1.13. The molecule has 0 fully saturated rings. The van der Waals surface area contributed by atoms with Gasteiger partial charge in [-0.05, 0) is 12.1 Å². The van der Waals surface area contributed by atoms with Crippen molar-refractivity contribution in [2.75, 3.05) is 7.11 Å². The maximum Gasteiger partial charge on any atom is 0.291 e. The fraction of sp³-hybridized carbons (Fsp3) is 0.125. The van der Waals surface area contributed by atoms with Crippen molar-refractivity contribution in [3.63, 3.8) is 0 Å². The van der Waals surface area contributed by atoms with Crippen LogP contribution in [0.2, 0.25) is 0 Å². The molecule has 4 heteroatoms. The molecule has 0 unspecified atom stereocenters. The van der Waals surface area contributed by atoms with E-state index >= 15 is 0 Å². The summed E-state index contributed by atoms with van der Waals surface area (Å²) in [6, 6.07) is 5.18. The highest BCUT2D eigenvalue weighted by Crippen LogP contribution is 2.20. The summed E-state index contributed by atoms with van der Waals surface area (Å²) in [6.45, 7) is 0. The van der Waals surface area contributed by atoms with Gasteiger partial charge in [0.05, 0.1) is 7.11 Å². The molecular weight excluding hydrogens is 158 g/mol. The summed E-state index contributed by atoms with van der Waals surface area (Å²) in [7, 11) is 1.52. The summed E-state index contributed by atoms with van der Waals surface area (Å²) in [5, 5.41) is 2.70. The van der Waals surface area contributed by atoms with E-state index in [1.807, 2.05) is 0 Å². The lowest BCUT2D eigenvalue weighted by atomic mass is 10.2. The summed E-state index contributed by atoms with van der Waals surface area (Å²) < 4.78 is 9.86. The first-order chi connectivity index (χ1) is 5.83. The summed E-state index contributed by atoms with van der Waals surface area (Å²) in [6.07, 6.45) is 0. The number of ether oxygens (including phenoxy) is 1. The highest BCUT2D eigenvalue weighted by atomic mass is 16.5. The maximum absolute atomic E-state index is 11.1. The number of methoxy groups -OCH3 is 1. The number of hydrogen-bond donors (Lipinski definition) is 1. The second-order valence-electron chi connectivity index (χ2n) is 2.37. The Balaban J connectivity index is 2.93. The minimum absolute atomic E-state index is 0.262. The van der Waals surface area contributed by atoms with E-state index < -0.39 is 0 Å². The van der Waals surface area contributed by atoms with Gasteiger partial charge < -0.3 is 9.26 Å². The van der Waals surface area contributed by atoms with Gasteiger partial charge in [0.2, 0.25) is 0 Å². The fourth-order valence-electron chi connectivity index (χ4n) is 1.14. The standard InChI is InChI=1S/C8H7NO3/c1-11-5-3-2-4-6-7(5)8(10)9-12-6/h2-4H,1H3,(H,9,10). The zero-order chi connectivity index (χ0) is 8.55. The minimum Gasteiger partial charge on any atom is -0.496 e. The molecule has 0 amide bonds. The van der Waals surface area contributed by atoms with Crippen LogP contribution >= 0.6 is 0 Å². The van der Waals surface area contributed by atoms with Gasteiger partial charge in [-0.3, -0.25) is 4.79 Å². The number of aromatic nitrogens is 1. The molecule has 12 heavy (non-hydrogen) atoms. The van der Waals surface area contributed by atoms with Crippen molar-refractivity contribution in [2.24, 2.45) is 0 Å². The lowest BCUT2D eigenvalue weighted by Gasteiger charge is -1.96. The number of aromatic amines is 1. The van der Waals surface area contributed by atoms with E-state index in [0.29, 0.717) is 16.7 Å². The van der Waals surface area contributed by atoms with Gasteiger partial charge in [0.1, 0.15) is 11.1 Å². The van der Waals surface area contributed by atoms with Gasteiger partial charge >= 0.3 is 0 Å². The van der Waals surface area contributed by atoms with Gasteiger partial charge in [-0.15, -0.1) is 0 Å². The predicted molar refractivity (Wildman–Crippen MR) is 43.4 cm³/mol. The number of H-pyrrole nitrogens is 1. The Morgan fingerprint density at radius 3 is 3.08 bits per heavy atom. The average Bonchev–Trinajstić information content (AvgIpc) is 2.48. The van der Waals surface area contributed by atoms with Gasteiger partial charge in [-0.1, -0.05) is 6.07 Å². The maximum atomic E-state index is 11.1. The second kappa shape index (κ2) is 2.41. The number of benzene rings is 1. The SMILES string of the molecule is COc1cccc2o[nH]c(=O)c12. The molecule has 62 valence electrons. The first kappa shape index (κ1) is 6.97. The van der Waals surface area contributed by atoms with E-state index in [9.17, 15) is 4.79 Å². The van der Waals surface area contributed by atoms with Gasteiger partial charge in [-0.25, -0.2) is 0 Å². The van der Waals surface area contributed by atoms with E-state index in [4.69, 9.17) is 9.26 Å². The summed E-state index contributed by atoms with van der Waals surface area (Å²) >= 11 is 0. The third-order valence-corrected chi connectivity index (χ3v) is 1.69. The molecule has 1 N–H and O–H groups in total. The van der Waals surface area contributed by atoms with E-state index in [2.05, 4.69) is 5.16 Å². The van der Waals surface area contributed by atoms with Crippen LogP contribution in [0.3, 0.4) is 0 Å². The van der Waals surface area contributed by atoms with Crippen LogP contribution in [0.4, 0.5) is 0 Å². The number of hydrogen-bond acceptors (Lipinski definition) is 3. The van der Waals surface area contributed by atoms with Gasteiger partial charge in [0.15, 0.2) is 5.58 Å². The molecule has 0 saturated heterocycles. The summed E-state index contributed by atoms with van der Waals surface area (Å²) in [4.78, 5) is 11.1. The lowest BCUT2D eigenvalue weighted by molar-refractivity contribution is 0.419. The van der Waals surface area contributed by atoms with Crippen molar-refractivity contribution in [1.82, 2.24) is 5.16 Å². The van der Waals surface area contributed by atoms with Crippen LogP contribution < -0.4 is 10.3 Å². The van der Waals surface area contributed by atoms with E-state index in [1.54, 1.807) is 18.2 Å². The normalized spacial score (nSPS) is 10.4. The highest BCUT2D eigenvalue weighted by Gasteiger charge is 2.07. The van der Waals surface area contributed by atoms with Crippen LogP contribution in [0.15, 0.2) is 27.5 Å². The Labute approximate surface area is 67.7 Å². The van der Waals surface area contributed by atoms with Crippen LogP contribution in [-0.4, -0.2) is 12.3 Å². The lowest BCUT2D eigenvalue weighted by Crippen LogP contribution is -1.98. The molecule has 0 atom stereocenters. The molecular formula is C8H7NO3. The molecule has 0 radical (unpaired) electrons. The molecule has 1 aromatic carbocycles. The largest absolute Gasteiger partial charge is 0.496 e. The first-order valence-electron chi connectivity index (χ1n) is 3.47. The Morgan fingerprint density at radius 2 is 2.33 bits per heavy atom. The zero-order valence-electron chi connectivity index (χ0n) is 6.46. The Bertz CT molecular complexity index is 455. The molecule has 0 spiro atoms. The van der Waals surface area contributed by atoms with Crippen LogP contribution in [0.25, 0.3) is 11.0 Å². The van der Waals surface area contributed by atoms with Crippen LogP contribution in [-0.2, 0) is 0 Å². The molecule has 0 aliphatic carbocycles. The summed E-state index contributed by atoms with van der Waals surface area (Å²) in [5.74, 6) is 0.530. The smallest absolute Gasteiger partial charge is 0.291 e. The fourth-order valence-corrected chi connectivity index (χ4v) is 1.14. The van der Waals surface area contributed by atoms with Crippen LogP contribution in [0.1, 0.15) is 0 Å². The van der Waals surface area contributed by atoms with Crippen molar-refractivity contribution in [3.05, 3.63) is 28.6 Å². The molecule has 0 bridgehead atoms. The molecule has 0 aliphatic rings. The quantitative estimate of drug-likeness (QED) is 0.689. The van der Waals surface area contributed by atoms with E-state index in [-0.39, 0.29) is 5.56 Å². The molecule has 2 aromatic rings. The zero-order valence-corrected chi connectivity index (χ0v) is 6.46. The van der Waals surface area contributed by atoms with E-state index in [0.717, 1.165) is 0 Å². The second-order valence-corrected chi connectivity index (χ2v) is 2.37. The number of rotatable bonds is 1. The Kier molecular flexibility index (Phi) is 1.40. The van der Waals surface area contributed by atoms with Gasteiger partial charge in [-0.2, -0.15) is 5.16 Å². The molecule has 4 nitrogen and oxygen atoms in total. The monoisotopic (exact) mass is 165 g/mol. The topological polar surface area (TPSA) is 55.2 Å². The Morgan fingerprint density at radius 1 is 1.50 bits per heavy atom. The summed E-state index contributed by atoms with van der Waals surface area (Å²) in [5.41, 5.74) is 0.252. The van der Waals surface area contributed by atoms with Crippen molar-refractivity contribution < 1.29 is 9.26 Å². The third kappa shape index (κ3) is 0.812. The van der Waals surface area contributed by atoms with E-state index in [1.165, 1.54) is 7.11 Å². The first-order valence-corrected chi connectivity index (χ1v) is 3.47. The van der Waals surface area contributed by atoms with Gasteiger partial charge in [0, 0.05) is 0 Å². The minimum atomic E-state index is -0.262. The van der Waals surface area contributed by atoms with Crippen LogP contribution in [0, 0.1) is 0 Å². The number of fused-ring (bicyclic) bond motifs is 1.